The van der Waals surface area contributed by atoms with Gasteiger partial charge < -0.3 is 67.8 Å². The molecule has 26 atom stereocenters. The van der Waals surface area contributed by atoms with Gasteiger partial charge in [0.1, 0.15) is 53.9 Å². The fraction of sp³-hybridized carbons (Fsp3) is 0.782. The summed E-state index contributed by atoms with van der Waals surface area (Å²) in [4.78, 5) is 74.9. The number of Topliss-reactive ketones (excluding diaryl/α,β-unsaturated/α-hetero) is 2. The van der Waals surface area contributed by atoms with Crippen molar-refractivity contribution < 1.29 is 110 Å². The molecule has 14 fully saturated rings. The molecule has 692 valence electrons. The minimum absolute atomic E-state index is 0. The van der Waals surface area contributed by atoms with E-state index in [1.807, 2.05) is 36.4 Å². The van der Waals surface area contributed by atoms with Crippen LogP contribution in [0.5, 0.6) is 11.5 Å². The molecule has 4 spiro atoms. The molecule has 2 aromatic rings. The van der Waals surface area contributed by atoms with Crippen LogP contribution in [-0.4, -0.2) is 172 Å². The van der Waals surface area contributed by atoms with Crippen LogP contribution in [-0.2, 0) is 113 Å². The van der Waals surface area contributed by atoms with E-state index < -0.39 is 6.10 Å². The molecule has 2 aromatic carbocycles. The minimum atomic E-state index is -0.489. The molecule has 24 heteroatoms. The van der Waals surface area contributed by atoms with E-state index in [-0.39, 0.29) is 153 Å². The molecule has 2 heterocycles. The Kier molecular flexibility index (Phi) is 29.8. The van der Waals surface area contributed by atoms with Crippen LogP contribution in [0.15, 0.2) is 59.7 Å². The van der Waals surface area contributed by atoms with E-state index >= 15 is 0 Å². The molecular weight excluding hydrogens is 1790 g/mol. The summed E-state index contributed by atoms with van der Waals surface area (Å²) in [5.41, 5.74) is 5.75. The summed E-state index contributed by atoms with van der Waals surface area (Å²) in [6.07, 6.45) is 31.9. The Morgan fingerprint density at radius 3 is 1.38 bits per heavy atom. The molecule has 20 nitrogen and oxygen atoms in total. The van der Waals surface area contributed by atoms with E-state index in [4.69, 9.17) is 54.2 Å². The monoisotopic (exact) mass is 1930 g/mol. The summed E-state index contributed by atoms with van der Waals surface area (Å²) >= 11 is 11.4. The molecule has 125 heavy (non-hydrogen) atoms. The predicted molar refractivity (Wildman–Crippen MR) is 479 cm³/mol. The first-order valence-electron chi connectivity index (χ1n) is 47.2. The van der Waals surface area contributed by atoms with Gasteiger partial charge in [0.25, 0.3) is 0 Å². The Balaban J connectivity index is 0.000000131. The number of alkyl halides is 1. The Morgan fingerprint density at radius 2 is 0.896 bits per heavy atom. The summed E-state index contributed by atoms with van der Waals surface area (Å²) in [6.45, 7) is 22.3. The molecule has 12 saturated carbocycles. The van der Waals surface area contributed by atoms with Crippen molar-refractivity contribution in [3.05, 3.63) is 82.0 Å². The van der Waals surface area contributed by atoms with E-state index in [1.165, 1.54) is 33.4 Å². The van der Waals surface area contributed by atoms with Crippen molar-refractivity contribution in [1.82, 2.24) is 0 Å². The number of hydrogen-bond acceptors (Lipinski definition) is 20. The van der Waals surface area contributed by atoms with Gasteiger partial charge in [-0.1, -0.05) is 97.7 Å². The molecule has 2 aliphatic heterocycles. The Labute approximate surface area is 769 Å². The van der Waals surface area contributed by atoms with Gasteiger partial charge in [-0.25, -0.2) is 0 Å². The quantitative estimate of drug-likeness (QED) is 0.0400. The number of allylic oxidation sites excluding steroid dienone is 2. The number of aliphatic hydroxyl groups excluding tert-OH is 2. The molecule has 20 rings (SSSR count). The number of phenols is 2. The first kappa shape index (κ1) is 97.6. The van der Waals surface area contributed by atoms with Crippen LogP contribution in [0.1, 0.15) is 278 Å². The maximum absolute atomic E-state index is 13.5. The van der Waals surface area contributed by atoms with Crippen molar-refractivity contribution in [1.29, 1.82) is 0 Å². The number of phenolic OH excluding ortho intramolecular Hbond substituents is 2. The number of aromatic hydroxyl groups is 2. The zero-order valence-electron chi connectivity index (χ0n) is 75.9. The first-order valence-corrected chi connectivity index (χ1v) is 61.7. The first-order chi connectivity index (χ1) is 59.1. The van der Waals surface area contributed by atoms with Crippen LogP contribution in [0.4, 0.5) is 0 Å². The molecule has 2 saturated heterocycles. The van der Waals surface area contributed by atoms with Gasteiger partial charge >= 0.3 is 52.4 Å². The number of hydrogen-bond donors (Lipinski definition) is 4. The number of carbonyl (C=O) groups excluding carboxylic acids is 6. The molecule has 18 aliphatic rings. The number of ketones is 4. The second-order valence-corrected chi connectivity index (χ2v) is 57.1. The van der Waals surface area contributed by atoms with Gasteiger partial charge in [-0.15, -0.1) is 0 Å². The van der Waals surface area contributed by atoms with Gasteiger partial charge in [0.2, 0.25) is 0 Å². The molecular formula is C101H145Br2ClO20Zn. The third-order valence-electron chi connectivity index (χ3n) is 38.4. The average molecular weight is 1940 g/mol. The summed E-state index contributed by atoms with van der Waals surface area (Å²) < 4.78 is 56.1. The van der Waals surface area contributed by atoms with E-state index in [0.717, 1.165) is 167 Å². The van der Waals surface area contributed by atoms with E-state index in [2.05, 4.69) is 93.4 Å². The third kappa shape index (κ3) is 16.3. The molecule has 0 amide bonds. The van der Waals surface area contributed by atoms with Crippen LogP contribution < -0.4 is 0 Å². The molecule has 16 aliphatic carbocycles. The zero-order chi connectivity index (χ0) is 88.6. The van der Waals surface area contributed by atoms with Crippen LogP contribution in [0.2, 0.25) is 0 Å². The predicted octanol–water partition coefficient (Wildman–Crippen LogP) is 19.1. The Bertz CT molecular complexity index is 4350. The normalized spacial score (nSPS) is 42.9. The van der Waals surface area contributed by atoms with Crippen LogP contribution in [0, 0.1) is 102 Å². The second-order valence-electron chi connectivity index (χ2n) is 42.8. The van der Waals surface area contributed by atoms with Crippen molar-refractivity contribution in [3.8, 4) is 11.5 Å². The standard InChI is InChI=1S/C26H38O6.C26H36O5.C22H30O4.C22H28O3.C4H9ClO2.CH4.2BrH.Zn/c1-24-9-6-18(27)14-17(24)4-5-19-20-7-10-26(11-8-22(28)32-26)25(20,2)15-21(23(19)24)31-16-30-13-12-29-3;1-24-10-8-21-20-6-4-17-14-18(27)5-7-19(17)25(20,2)23(31-16-30-13-12-29-3)15-26(21,24)22(28)9-11-24;1-20-8-5-14(23)11-13(20)3-4-15-16-6-9-22(10-7-18(25)26-22)21(16,2)12-17(24)19(15)20;1-20-9-7-17-16-5-3-13-11-14(23)4-6-15(13)21(16,2)19(25)12-22(17,20)18(24)8-10-20;1-6-2-3-7-4-5;;;;/h14,19-21,23H,4-13,15-16H2,1-3H3;5,7,14,20-21,23,27H,4,6,8-13,15-16H2,1-3H3;11,15-17,19,24H,3-10,12H2,1-2H3;4,6,11,16-17,19,23,25H,3,5,7-10,12H2,1-2H3;2-4H2,1H3;1H4;2*1H;/q;;;;;;;;+2/p-2/t19?,20?,21-,23?,24+,25+,26-;20?,21?,23-,24+,25-,26-;15?,16?,17-,19?,20+,21+,22-;16?,17?,19-,20+,21-,22-;;;;;/m1111...../s1. The Morgan fingerprint density at radius 1 is 0.456 bits per heavy atom. The fourth-order valence-corrected chi connectivity index (χ4v) is 32.5. The van der Waals surface area contributed by atoms with Crippen LogP contribution in [0.3, 0.4) is 0 Å². The summed E-state index contributed by atoms with van der Waals surface area (Å²) in [5.74, 6) is 6.20. The SMILES string of the molecule is C.COCCOCCl.COCCOCO[C@@H]1C[C@@]2(C)C(CC[C@@]23CCC(=O)O3)C2CCC3=CC(=O)CC[C@]3(C)C21.COCCOCO[C@@H]1C[C@@]23C(=O)CC[C@]2(C)CCC3C2CCc3cc(O)ccc3[C@]21C.C[C@]12CCC(=O)C=C1CCC1C2[C@H](O)C[C@@]2(C)C1CC[C@@]21CCC(=O)O1.C[C@]12CCC(=O)[C@]13C[C@@H](O)[C@]1(C)c4ccc(O)cc4CCC1C3CC2.[Br][Zn][Br]. The summed E-state index contributed by atoms with van der Waals surface area (Å²) in [5, 5.41) is 42.7. The van der Waals surface area contributed by atoms with Crippen molar-refractivity contribution in [3.63, 3.8) is 0 Å². The third-order valence-corrected chi connectivity index (χ3v) is 38.6. The van der Waals surface area contributed by atoms with Gasteiger partial charge in [-0.2, -0.15) is 0 Å². The van der Waals surface area contributed by atoms with Crippen molar-refractivity contribution in [2.75, 3.05) is 80.6 Å². The number of ether oxygens (including phenoxy) is 10. The number of carbonyl (C=O) groups is 6. The molecule has 4 N–H and O–H groups in total. The number of esters is 2. The van der Waals surface area contributed by atoms with Crippen molar-refractivity contribution in [2.24, 2.45) is 102 Å². The second kappa shape index (κ2) is 38.2. The zero-order valence-corrected chi connectivity index (χ0v) is 82.7. The molecule has 0 bridgehead atoms. The van der Waals surface area contributed by atoms with Gasteiger partial charge in [0, 0.05) is 92.3 Å². The summed E-state index contributed by atoms with van der Waals surface area (Å²) in [7, 11) is 4.95. The average Bonchev–Trinajstić information content (AvgIpc) is 1.54. The number of methoxy groups -OCH3 is 3. The molecule has 0 aromatic heterocycles. The number of aryl methyl sites for hydroxylation is 2. The Hall–Kier alpha value is -3.39. The van der Waals surface area contributed by atoms with E-state index in [0.29, 0.717) is 154 Å². The van der Waals surface area contributed by atoms with E-state index in [1.54, 1.807) is 27.4 Å². The van der Waals surface area contributed by atoms with Gasteiger partial charge in [-0.3, -0.25) is 28.8 Å². The van der Waals surface area contributed by atoms with Gasteiger partial charge in [-0.05, 0) is 306 Å². The van der Waals surface area contributed by atoms with Crippen LogP contribution in [0.25, 0.3) is 0 Å². The maximum atomic E-state index is 13.5. The number of benzene rings is 2. The number of fused-ring (bicyclic) bond motifs is 20. The van der Waals surface area contributed by atoms with Gasteiger partial charge in [0.15, 0.2) is 11.6 Å². The summed E-state index contributed by atoms with van der Waals surface area (Å²) in [6, 6.07) is 11.7. The van der Waals surface area contributed by atoms with Gasteiger partial charge in [0.05, 0.1) is 64.1 Å². The van der Waals surface area contributed by atoms with Crippen molar-refractivity contribution in [2.45, 2.75) is 315 Å². The molecule has 10 unspecified atom stereocenters. The van der Waals surface area contributed by atoms with Crippen molar-refractivity contribution >= 4 is 73.9 Å². The fourth-order valence-electron chi connectivity index (χ4n) is 32.4. The van der Waals surface area contributed by atoms with E-state index in [9.17, 15) is 49.2 Å². The number of rotatable bonds is 16. The number of aliphatic hydroxyl groups is 2. The number of halogens is 3. The van der Waals surface area contributed by atoms with Crippen LogP contribution >= 0.6 is 38.8 Å². The molecule has 0 radical (unpaired) electrons. The topological polar surface area (TPSA) is 276 Å².